The highest BCUT2D eigenvalue weighted by atomic mass is 16.3. The molecule has 6 heteroatoms. The Morgan fingerprint density at radius 3 is 2.81 bits per heavy atom. The fraction of sp³-hybridized carbons (Fsp3) is 0.867. The molecule has 2 aliphatic rings. The quantitative estimate of drug-likeness (QED) is 0.638. The van der Waals surface area contributed by atoms with Gasteiger partial charge in [0, 0.05) is 26.2 Å². The molecular formula is C15H27N3O3. The Morgan fingerprint density at radius 1 is 1.33 bits per heavy atom. The second-order valence-corrected chi connectivity index (χ2v) is 6.08. The van der Waals surface area contributed by atoms with Crippen LogP contribution >= 0.6 is 0 Å². The van der Waals surface area contributed by atoms with Gasteiger partial charge in [0.1, 0.15) is 0 Å². The highest BCUT2D eigenvalue weighted by Gasteiger charge is 2.32. The minimum absolute atomic E-state index is 0.0452. The molecule has 0 aromatic heterocycles. The number of carbonyl (C=O) groups is 2. The Bertz CT molecular complexity index is 356. The van der Waals surface area contributed by atoms with Crippen LogP contribution in [0.4, 0.5) is 0 Å². The number of hydrogen-bond donors (Lipinski definition) is 3. The van der Waals surface area contributed by atoms with Gasteiger partial charge in [0.15, 0.2) is 0 Å². The molecule has 2 rings (SSSR count). The number of carbonyl (C=O) groups excluding carboxylic acids is 2. The summed E-state index contributed by atoms with van der Waals surface area (Å²) in [6.07, 6.45) is 6.55. The Balaban J connectivity index is 1.89. The topological polar surface area (TPSA) is 81.7 Å². The number of rotatable bonds is 6. The van der Waals surface area contributed by atoms with Gasteiger partial charge in [-0.15, -0.1) is 0 Å². The van der Waals surface area contributed by atoms with Crippen molar-refractivity contribution in [2.45, 2.75) is 44.6 Å². The highest BCUT2D eigenvalue weighted by Crippen LogP contribution is 2.25. The molecule has 1 aliphatic heterocycles. The Morgan fingerprint density at radius 2 is 2.10 bits per heavy atom. The average Bonchev–Trinajstić information content (AvgIpc) is 2.50. The standard InChI is InChI=1S/C15H27N3O3/c19-9-7-16-14(20)10-13-15(21)17-6-8-18(13)11-12-4-2-1-3-5-12/h12-13,19H,1-11H2,(H,16,20)(H,17,21). The lowest BCUT2D eigenvalue weighted by Crippen LogP contribution is -2.57. The summed E-state index contributed by atoms with van der Waals surface area (Å²) in [5, 5.41) is 14.2. The van der Waals surface area contributed by atoms with Gasteiger partial charge < -0.3 is 15.7 Å². The molecule has 21 heavy (non-hydrogen) atoms. The molecule has 0 spiro atoms. The van der Waals surface area contributed by atoms with Gasteiger partial charge in [-0.25, -0.2) is 0 Å². The van der Waals surface area contributed by atoms with E-state index >= 15 is 0 Å². The van der Waals surface area contributed by atoms with Crippen molar-refractivity contribution >= 4 is 11.8 Å². The maximum Gasteiger partial charge on any atom is 0.237 e. The zero-order chi connectivity index (χ0) is 15.1. The van der Waals surface area contributed by atoms with Crippen LogP contribution in [0, 0.1) is 5.92 Å². The first-order valence-electron chi connectivity index (χ1n) is 8.10. The molecule has 0 aromatic rings. The lowest BCUT2D eigenvalue weighted by atomic mass is 9.88. The SMILES string of the molecule is O=C(CC1C(=O)NCCN1CC1CCCCC1)NCCO. The van der Waals surface area contributed by atoms with E-state index in [0.29, 0.717) is 12.5 Å². The normalized spacial score (nSPS) is 24.6. The van der Waals surface area contributed by atoms with Crippen LogP contribution in [0.1, 0.15) is 38.5 Å². The van der Waals surface area contributed by atoms with Gasteiger partial charge >= 0.3 is 0 Å². The molecule has 1 unspecified atom stereocenters. The third-order valence-electron chi connectivity index (χ3n) is 4.47. The van der Waals surface area contributed by atoms with Crippen LogP contribution in [0.3, 0.4) is 0 Å². The van der Waals surface area contributed by atoms with Gasteiger partial charge in [0.05, 0.1) is 19.1 Å². The van der Waals surface area contributed by atoms with Crippen molar-refractivity contribution in [2.24, 2.45) is 5.92 Å². The Kier molecular flexibility index (Phi) is 6.45. The maximum atomic E-state index is 12.1. The maximum absolute atomic E-state index is 12.1. The molecule has 0 radical (unpaired) electrons. The average molecular weight is 297 g/mol. The van der Waals surface area contributed by atoms with E-state index in [9.17, 15) is 9.59 Å². The van der Waals surface area contributed by atoms with Gasteiger partial charge in [-0.3, -0.25) is 14.5 Å². The van der Waals surface area contributed by atoms with Crippen LogP contribution in [-0.4, -0.2) is 60.6 Å². The molecular weight excluding hydrogens is 270 g/mol. The molecule has 1 atom stereocenters. The fourth-order valence-corrected chi connectivity index (χ4v) is 3.35. The van der Waals surface area contributed by atoms with Crippen LogP contribution < -0.4 is 10.6 Å². The lowest BCUT2D eigenvalue weighted by Gasteiger charge is -2.37. The summed E-state index contributed by atoms with van der Waals surface area (Å²) in [7, 11) is 0. The largest absolute Gasteiger partial charge is 0.395 e. The molecule has 3 N–H and O–H groups in total. The molecule has 1 heterocycles. The molecule has 2 fully saturated rings. The van der Waals surface area contributed by atoms with Crippen LogP contribution in [0.2, 0.25) is 0 Å². The zero-order valence-corrected chi connectivity index (χ0v) is 12.6. The van der Waals surface area contributed by atoms with Gasteiger partial charge in [0.25, 0.3) is 0 Å². The van der Waals surface area contributed by atoms with Crippen LogP contribution in [0.25, 0.3) is 0 Å². The molecule has 1 saturated carbocycles. The van der Waals surface area contributed by atoms with Crippen molar-refractivity contribution < 1.29 is 14.7 Å². The lowest BCUT2D eigenvalue weighted by molar-refractivity contribution is -0.134. The number of nitrogens with zero attached hydrogens (tertiary/aromatic N) is 1. The third kappa shape index (κ3) is 4.97. The molecule has 120 valence electrons. The number of aliphatic hydroxyl groups is 1. The second-order valence-electron chi connectivity index (χ2n) is 6.08. The van der Waals surface area contributed by atoms with Crippen molar-refractivity contribution in [1.82, 2.24) is 15.5 Å². The predicted molar refractivity (Wildman–Crippen MR) is 79.7 cm³/mol. The van der Waals surface area contributed by atoms with Gasteiger partial charge in [-0.2, -0.15) is 0 Å². The second kappa shape index (κ2) is 8.34. The minimum Gasteiger partial charge on any atom is -0.395 e. The fourth-order valence-electron chi connectivity index (χ4n) is 3.35. The Hall–Kier alpha value is -1.14. The van der Waals surface area contributed by atoms with E-state index in [4.69, 9.17) is 5.11 Å². The van der Waals surface area contributed by atoms with Crippen molar-refractivity contribution in [2.75, 3.05) is 32.8 Å². The molecule has 0 aromatic carbocycles. The van der Waals surface area contributed by atoms with E-state index in [-0.39, 0.29) is 37.4 Å². The Labute approximate surface area is 126 Å². The van der Waals surface area contributed by atoms with E-state index < -0.39 is 0 Å². The minimum atomic E-state index is -0.362. The molecule has 1 aliphatic carbocycles. The summed E-state index contributed by atoms with van der Waals surface area (Å²) >= 11 is 0. The first-order chi connectivity index (χ1) is 10.2. The number of amides is 2. The van der Waals surface area contributed by atoms with Crippen LogP contribution in [0.15, 0.2) is 0 Å². The zero-order valence-electron chi connectivity index (χ0n) is 12.6. The number of piperazine rings is 1. The number of nitrogens with one attached hydrogen (secondary N) is 2. The van der Waals surface area contributed by atoms with Gasteiger partial charge in [-0.05, 0) is 18.8 Å². The van der Waals surface area contributed by atoms with Crippen molar-refractivity contribution in [3.05, 3.63) is 0 Å². The van der Waals surface area contributed by atoms with Crippen molar-refractivity contribution in [3.8, 4) is 0 Å². The van der Waals surface area contributed by atoms with Crippen molar-refractivity contribution in [1.29, 1.82) is 0 Å². The molecule has 2 amide bonds. The smallest absolute Gasteiger partial charge is 0.237 e. The van der Waals surface area contributed by atoms with E-state index in [1.54, 1.807) is 0 Å². The van der Waals surface area contributed by atoms with E-state index in [2.05, 4.69) is 15.5 Å². The monoisotopic (exact) mass is 297 g/mol. The van der Waals surface area contributed by atoms with Crippen LogP contribution in [0.5, 0.6) is 0 Å². The first kappa shape index (κ1) is 16.2. The van der Waals surface area contributed by atoms with E-state index in [1.807, 2.05) is 0 Å². The number of hydrogen-bond acceptors (Lipinski definition) is 4. The van der Waals surface area contributed by atoms with Gasteiger partial charge in [0.2, 0.25) is 11.8 Å². The van der Waals surface area contributed by atoms with E-state index in [0.717, 1.165) is 13.1 Å². The first-order valence-corrected chi connectivity index (χ1v) is 8.10. The molecule has 0 bridgehead atoms. The summed E-state index contributed by atoms with van der Waals surface area (Å²) in [6, 6.07) is -0.362. The third-order valence-corrected chi connectivity index (χ3v) is 4.47. The summed E-state index contributed by atoms with van der Waals surface area (Å²) in [5.74, 6) is 0.448. The summed E-state index contributed by atoms with van der Waals surface area (Å²) in [5.41, 5.74) is 0. The van der Waals surface area contributed by atoms with E-state index in [1.165, 1.54) is 32.1 Å². The molecule has 1 saturated heterocycles. The summed E-state index contributed by atoms with van der Waals surface area (Å²) in [6.45, 7) is 2.58. The van der Waals surface area contributed by atoms with Crippen molar-refractivity contribution in [3.63, 3.8) is 0 Å². The predicted octanol–water partition coefficient (Wildman–Crippen LogP) is -0.134. The summed E-state index contributed by atoms with van der Waals surface area (Å²) < 4.78 is 0. The van der Waals surface area contributed by atoms with Crippen LogP contribution in [-0.2, 0) is 9.59 Å². The molecule has 6 nitrogen and oxygen atoms in total. The highest BCUT2D eigenvalue weighted by molar-refractivity contribution is 5.88. The van der Waals surface area contributed by atoms with Gasteiger partial charge in [-0.1, -0.05) is 19.3 Å². The summed E-state index contributed by atoms with van der Waals surface area (Å²) in [4.78, 5) is 26.1. The number of aliphatic hydroxyl groups excluding tert-OH is 1.